The highest BCUT2D eigenvalue weighted by Crippen LogP contribution is 2.28. The minimum Gasteiger partial charge on any atom is -0.481 e. The van der Waals surface area contributed by atoms with Crippen molar-refractivity contribution in [3.63, 3.8) is 0 Å². The molecule has 3 rings (SSSR count). The van der Waals surface area contributed by atoms with Gasteiger partial charge in [0.25, 0.3) is 0 Å². The second kappa shape index (κ2) is 8.35. The lowest BCUT2D eigenvalue weighted by Crippen LogP contribution is -2.09. The van der Waals surface area contributed by atoms with Gasteiger partial charge in [-0.3, -0.25) is 4.72 Å². The first-order valence-corrected chi connectivity index (χ1v) is 10.0. The Kier molecular flexibility index (Phi) is 6.41. The number of pyridine rings is 1. The lowest BCUT2D eigenvalue weighted by molar-refractivity contribution is 0.398. The van der Waals surface area contributed by atoms with Crippen LogP contribution in [0, 0.1) is 0 Å². The molecule has 0 unspecified atom stereocenters. The van der Waals surface area contributed by atoms with Crippen LogP contribution in [-0.4, -0.2) is 31.8 Å². The molecule has 0 saturated heterocycles. The number of thiazole rings is 1. The molecule has 0 spiro atoms. The highest BCUT2D eigenvalue weighted by atomic mass is 35.5. The van der Waals surface area contributed by atoms with Crippen LogP contribution in [0.3, 0.4) is 0 Å². The zero-order valence-corrected chi connectivity index (χ0v) is 16.4. The molecule has 0 aliphatic carbocycles. The number of nitrogens with zero attached hydrogens (tertiary/aromatic N) is 2. The van der Waals surface area contributed by atoms with Crippen LogP contribution in [0.2, 0.25) is 0 Å². The molecular weight excluding hydrogens is 396 g/mol. The van der Waals surface area contributed by atoms with E-state index >= 15 is 0 Å². The molecule has 0 fully saturated rings. The first kappa shape index (κ1) is 20.0. The lowest BCUT2D eigenvalue weighted by Gasteiger charge is -2.04. The third-order valence-electron chi connectivity index (χ3n) is 3.16. The summed E-state index contributed by atoms with van der Waals surface area (Å²) in [5.41, 5.74) is 2.20. The summed E-state index contributed by atoms with van der Waals surface area (Å²) in [5, 5.41) is 5.76. The molecular formula is C16H17ClN4O3S2. The van der Waals surface area contributed by atoms with Crippen LogP contribution in [0.5, 0.6) is 5.88 Å². The molecule has 0 amide bonds. The first-order valence-electron chi connectivity index (χ1n) is 7.25. The third kappa shape index (κ3) is 5.32. The molecule has 7 nitrogen and oxygen atoms in total. The molecule has 138 valence electrons. The van der Waals surface area contributed by atoms with Crippen molar-refractivity contribution in [3.05, 3.63) is 47.8 Å². The predicted octanol–water partition coefficient (Wildman–Crippen LogP) is 3.75. The summed E-state index contributed by atoms with van der Waals surface area (Å²) >= 11 is 1.45. The fourth-order valence-electron chi connectivity index (χ4n) is 2.09. The number of benzene rings is 1. The summed E-state index contributed by atoms with van der Waals surface area (Å²) in [6.07, 6.45) is 1.12. The van der Waals surface area contributed by atoms with Gasteiger partial charge in [-0.25, -0.2) is 13.4 Å². The number of aromatic nitrogens is 2. The molecule has 2 heterocycles. The second-order valence-corrected chi connectivity index (χ2v) is 7.79. The van der Waals surface area contributed by atoms with Crippen LogP contribution in [0.1, 0.15) is 0 Å². The van der Waals surface area contributed by atoms with E-state index in [-0.39, 0.29) is 12.4 Å². The van der Waals surface area contributed by atoms with Gasteiger partial charge in [0.15, 0.2) is 5.13 Å². The predicted molar refractivity (Wildman–Crippen MR) is 107 cm³/mol. The van der Waals surface area contributed by atoms with Crippen molar-refractivity contribution < 1.29 is 13.2 Å². The second-order valence-electron chi connectivity index (χ2n) is 5.18. The van der Waals surface area contributed by atoms with Crippen LogP contribution in [0.25, 0.3) is 11.3 Å². The van der Waals surface area contributed by atoms with Gasteiger partial charge in [-0.2, -0.15) is 4.98 Å². The number of halogens is 1. The zero-order chi connectivity index (χ0) is 17.9. The van der Waals surface area contributed by atoms with Crippen molar-refractivity contribution in [3.8, 4) is 17.1 Å². The molecule has 0 bridgehead atoms. The normalized spacial score (nSPS) is 10.7. The van der Waals surface area contributed by atoms with Gasteiger partial charge in [-0.1, -0.05) is 18.2 Å². The van der Waals surface area contributed by atoms with E-state index in [1.54, 1.807) is 25.3 Å². The number of nitrogens with one attached hydrogen (secondary N) is 2. The minimum atomic E-state index is -3.28. The molecule has 26 heavy (non-hydrogen) atoms. The highest BCUT2D eigenvalue weighted by molar-refractivity contribution is 7.92. The largest absolute Gasteiger partial charge is 0.481 e. The van der Waals surface area contributed by atoms with Gasteiger partial charge in [0, 0.05) is 22.7 Å². The molecule has 0 atom stereocenters. The number of hydrogen-bond donors (Lipinski definition) is 2. The number of rotatable bonds is 6. The van der Waals surface area contributed by atoms with Crippen LogP contribution in [0.15, 0.2) is 47.8 Å². The Morgan fingerprint density at radius 2 is 1.81 bits per heavy atom. The Hall–Kier alpha value is -2.36. The number of ether oxygens (including phenoxy) is 1. The maximum Gasteiger partial charge on any atom is 0.229 e. The Morgan fingerprint density at radius 3 is 2.46 bits per heavy atom. The number of hydrogen-bond acceptors (Lipinski definition) is 7. The summed E-state index contributed by atoms with van der Waals surface area (Å²) in [4.78, 5) is 8.81. The minimum absolute atomic E-state index is 0. The smallest absolute Gasteiger partial charge is 0.229 e. The van der Waals surface area contributed by atoms with E-state index in [1.807, 2.05) is 29.6 Å². The third-order valence-corrected chi connectivity index (χ3v) is 4.52. The van der Waals surface area contributed by atoms with Gasteiger partial charge in [-0.05, 0) is 18.2 Å². The number of anilines is 3. The van der Waals surface area contributed by atoms with Gasteiger partial charge in [0.1, 0.15) is 5.82 Å². The topological polar surface area (TPSA) is 93.2 Å². The summed E-state index contributed by atoms with van der Waals surface area (Å²) in [6.45, 7) is 0. The summed E-state index contributed by atoms with van der Waals surface area (Å²) in [6, 6.07) is 12.5. The quantitative estimate of drug-likeness (QED) is 0.640. The van der Waals surface area contributed by atoms with Crippen molar-refractivity contribution in [2.75, 3.05) is 23.4 Å². The zero-order valence-electron chi connectivity index (χ0n) is 14.0. The SMILES string of the molecule is COc1cccc(Nc2nc(-c3ccc(NS(C)(=O)=O)cc3)cs2)n1.Cl. The van der Waals surface area contributed by atoms with E-state index in [2.05, 4.69) is 20.0 Å². The highest BCUT2D eigenvalue weighted by Gasteiger charge is 2.07. The average Bonchev–Trinajstić information content (AvgIpc) is 3.03. The van der Waals surface area contributed by atoms with Crippen LogP contribution in [-0.2, 0) is 10.0 Å². The molecule has 2 N–H and O–H groups in total. The van der Waals surface area contributed by atoms with Crippen molar-refractivity contribution in [1.29, 1.82) is 0 Å². The Balaban J connectivity index is 0.00000243. The lowest BCUT2D eigenvalue weighted by atomic mass is 10.1. The Morgan fingerprint density at radius 1 is 1.08 bits per heavy atom. The van der Waals surface area contributed by atoms with Crippen molar-refractivity contribution in [2.45, 2.75) is 0 Å². The molecule has 1 aromatic carbocycles. The Labute approximate surface area is 161 Å². The van der Waals surface area contributed by atoms with Gasteiger partial charge >= 0.3 is 0 Å². The van der Waals surface area contributed by atoms with Crippen LogP contribution < -0.4 is 14.8 Å². The summed E-state index contributed by atoms with van der Waals surface area (Å²) < 4.78 is 30.0. The summed E-state index contributed by atoms with van der Waals surface area (Å²) in [7, 11) is -1.72. The standard InChI is InChI=1S/C16H16N4O3S2.ClH/c1-23-15-5-3-4-14(18-15)19-16-17-13(10-24-16)11-6-8-12(9-7-11)20-25(2,21)22;/h3-10,20H,1-2H3,(H,17,18,19);1H. The molecule has 2 aromatic heterocycles. The van der Waals surface area contributed by atoms with E-state index in [9.17, 15) is 8.42 Å². The van der Waals surface area contributed by atoms with Crippen LogP contribution in [0.4, 0.5) is 16.6 Å². The number of sulfonamides is 1. The molecule has 10 heteroatoms. The molecule has 0 aliphatic rings. The van der Waals surface area contributed by atoms with Crippen LogP contribution >= 0.6 is 23.7 Å². The Bertz CT molecular complexity index is 975. The van der Waals surface area contributed by atoms with Crippen molar-refractivity contribution >= 4 is 50.4 Å². The molecule has 0 saturated carbocycles. The van der Waals surface area contributed by atoms with Gasteiger partial charge in [-0.15, -0.1) is 23.7 Å². The fraction of sp³-hybridized carbons (Fsp3) is 0.125. The molecule has 0 radical (unpaired) electrons. The van der Waals surface area contributed by atoms with E-state index in [0.29, 0.717) is 22.5 Å². The van der Waals surface area contributed by atoms with Gasteiger partial charge in [0.2, 0.25) is 15.9 Å². The first-order chi connectivity index (χ1) is 11.9. The van der Waals surface area contributed by atoms with E-state index in [1.165, 1.54) is 11.3 Å². The monoisotopic (exact) mass is 412 g/mol. The fourth-order valence-corrected chi connectivity index (χ4v) is 3.39. The van der Waals surface area contributed by atoms with Gasteiger partial charge < -0.3 is 10.1 Å². The van der Waals surface area contributed by atoms with Crippen molar-refractivity contribution in [2.24, 2.45) is 0 Å². The molecule has 0 aliphatic heterocycles. The average molecular weight is 413 g/mol. The summed E-state index contributed by atoms with van der Waals surface area (Å²) in [5.74, 6) is 1.17. The maximum atomic E-state index is 11.2. The van der Waals surface area contributed by atoms with E-state index in [4.69, 9.17) is 4.74 Å². The van der Waals surface area contributed by atoms with E-state index < -0.39 is 10.0 Å². The number of methoxy groups -OCH3 is 1. The molecule has 3 aromatic rings. The van der Waals surface area contributed by atoms with Gasteiger partial charge in [0.05, 0.1) is 19.1 Å². The van der Waals surface area contributed by atoms with E-state index in [0.717, 1.165) is 17.5 Å². The van der Waals surface area contributed by atoms with Crippen molar-refractivity contribution in [1.82, 2.24) is 9.97 Å². The maximum absolute atomic E-state index is 11.2.